The molecule has 1 saturated heterocycles. The second-order valence-electron chi connectivity index (χ2n) is 7.35. The highest BCUT2D eigenvalue weighted by atomic mass is 19.1. The number of hydrogen-bond donors (Lipinski definition) is 1. The summed E-state index contributed by atoms with van der Waals surface area (Å²) in [6.45, 7) is 3.78. The summed E-state index contributed by atoms with van der Waals surface area (Å²) >= 11 is 0. The molecule has 0 aliphatic carbocycles. The van der Waals surface area contributed by atoms with Crippen LogP contribution >= 0.6 is 0 Å². The van der Waals surface area contributed by atoms with E-state index in [0.717, 1.165) is 24.2 Å². The highest BCUT2D eigenvalue weighted by molar-refractivity contribution is 5.94. The van der Waals surface area contributed by atoms with Crippen molar-refractivity contribution in [1.29, 1.82) is 0 Å². The van der Waals surface area contributed by atoms with Crippen molar-refractivity contribution in [3.63, 3.8) is 0 Å². The van der Waals surface area contributed by atoms with Crippen LogP contribution in [0.15, 0.2) is 48.5 Å². The molecule has 5 nitrogen and oxygen atoms in total. The molecule has 0 unspecified atom stereocenters. The molecule has 0 aromatic heterocycles. The minimum atomic E-state index is -0.363. The van der Waals surface area contributed by atoms with Gasteiger partial charge in [0.25, 0.3) is 5.91 Å². The van der Waals surface area contributed by atoms with Crippen molar-refractivity contribution in [1.82, 2.24) is 10.2 Å². The molecular formula is C23H27FN2O3. The van der Waals surface area contributed by atoms with E-state index in [9.17, 15) is 14.0 Å². The molecule has 2 aromatic carbocycles. The SMILES string of the molecule is Cc1ccccc1OCCCC(=O)N1CCC(NC(=O)c2ccc(F)cc2)CC1. The molecule has 2 aromatic rings. The zero-order valence-corrected chi connectivity index (χ0v) is 16.7. The zero-order chi connectivity index (χ0) is 20.6. The highest BCUT2D eigenvalue weighted by Gasteiger charge is 2.23. The van der Waals surface area contributed by atoms with Gasteiger partial charge in [0.15, 0.2) is 0 Å². The van der Waals surface area contributed by atoms with E-state index in [0.29, 0.717) is 38.1 Å². The third-order valence-corrected chi connectivity index (χ3v) is 5.18. The minimum Gasteiger partial charge on any atom is -0.493 e. The molecule has 1 aliphatic rings. The van der Waals surface area contributed by atoms with Crippen LogP contribution in [0.2, 0.25) is 0 Å². The fourth-order valence-corrected chi connectivity index (χ4v) is 3.43. The van der Waals surface area contributed by atoms with E-state index in [1.54, 1.807) is 0 Å². The van der Waals surface area contributed by atoms with Gasteiger partial charge >= 0.3 is 0 Å². The quantitative estimate of drug-likeness (QED) is 0.724. The van der Waals surface area contributed by atoms with Crippen molar-refractivity contribution >= 4 is 11.8 Å². The van der Waals surface area contributed by atoms with Crippen LogP contribution in [0.1, 0.15) is 41.6 Å². The van der Waals surface area contributed by atoms with Crippen LogP contribution in [0.4, 0.5) is 4.39 Å². The standard InChI is InChI=1S/C23H27FN2O3/c1-17-5-2-3-6-21(17)29-16-4-7-22(27)26-14-12-20(13-15-26)25-23(28)18-8-10-19(24)11-9-18/h2-3,5-6,8-11,20H,4,7,12-16H2,1H3,(H,25,28). The average Bonchev–Trinajstić information content (AvgIpc) is 2.73. The van der Waals surface area contributed by atoms with Crippen molar-refractivity contribution < 1.29 is 18.7 Å². The maximum absolute atomic E-state index is 13.0. The van der Waals surface area contributed by atoms with Crippen LogP contribution in [0, 0.1) is 12.7 Å². The molecular weight excluding hydrogens is 371 g/mol. The first kappa shape index (κ1) is 20.8. The predicted molar refractivity (Wildman–Crippen MR) is 109 cm³/mol. The van der Waals surface area contributed by atoms with Crippen molar-refractivity contribution in [2.24, 2.45) is 0 Å². The van der Waals surface area contributed by atoms with Crippen molar-refractivity contribution in [2.75, 3.05) is 19.7 Å². The number of carbonyl (C=O) groups is 2. The van der Waals surface area contributed by atoms with Gasteiger partial charge in [-0.2, -0.15) is 0 Å². The Morgan fingerprint density at radius 1 is 1.10 bits per heavy atom. The molecule has 0 spiro atoms. The average molecular weight is 398 g/mol. The number of hydrogen-bond acceptors (Lipinski definition) is 3. The molecule has 3 rings (SSSR count). The molecule has 1 heterocycles. The van der Waals surface area contributed by atoms with Gasteiger partial charge in [-0.05, 0) is 62.1 Å². The van der Waals surface area contributed by atoms with Crippen LogP contribution in [0.5, 0.6) is 5.75 Å². The Kier molecular flexibility index (Phi) is 7.22. The van der Waals surface area contributed by atoms with Gasteiger partial charge in [0.1, 0.15) is 11.6 Å². The number of benzene rings is 2. The Morgan fingerprint density at radius 2 is 1.79 bits per heavy atom. The fraction of sp³-hybridized carbons (Fsp3) is 0.391. The molecule has 0 saturated carbocycles. The number of rotatable bonds is 7. The van der Waals surface area contributed by atoms with Gasteiger partial charge < -0.3 is 15.0 Å². The topological polar surface area (TPSA) is 58.6 Å². The monoisotopic (exact) mass is 398 g/mol. The lowest BCUT2D eigenvalue weighted by molar-refractivity contribution is -0.132. The maximum atomic E-state index is 13.0. The number of halogens is 1. The number of nitrogens with one attached hydrogen (secondary N) is 1. The lowest BCUT2D eigenvalue weighted by Gasteiger charge is -2.32. The molecule has 0 radical (unpaired) electrons. The minimum absolute atomic E-state index is 0.0287. The van der Waals surface area contributed by atoms with Crippen molar-refractivity contribution in [3.05, 3.63) is 65.5 Å². The fourth-order valence-electron chi connectivity index (χ4n) is 3.43. The lowest BCUT2D eigenvalue weighted by Crippen LogP contribution is -2.46. The Hall–Kier alpha value is -2.89. The summed E-state index contributed by atoms with van der Waals surface area (Å²) in [5, 5.41) is 2.97. The number of ether oxygens (including phenoxy) is 1. The van der Waals surface area contributed by atoms with Crippen LogP contribution < -0.4 is 10.1 Å². The Labute approximate surface area is 170 Å². The van der Waals surface area contributed by atoms with Gasteiger partial charge in [0.2, 0.25) is 5.91 Å². The summed E-state index contributed by atoms with van der Waals surface area (Å²) in [4.78, 5) is 26.5. The van der Waals surface area contributed by atoms with Gasteiger partial charge in [-0.25, -0.2) is 4.39 Å². The van der Waals surface area contributed by atoms with Crippen LogP contribution in [0.3, 0.4) is 0 Å². The maximum Gasteiger partial charge on any atom is 0.251 e. The summed E-state index contributed by atoms with van der Waals surface area (Å²) < 4.78 is 18.7. The van der Waals surface area contributed by atoms with Crippen molar-refractivity contribution in [2.45, 2.75) is 38.6 Å². The van der Waals surface area contributed by atoms with Gasteiger partial charge in [-0.3, -0.25) is 9.59 Å². The largest absolute Gasteiger partial charge is 0.493 e. The summed E-state index contributed by atoms with van der Waals surface area (Å²) in [6.07, 6.45) is 2.57. The van der Waals surface area contributed by atoms with Crippen LogP contribution in [-0.4, -0.2) is 42.5 Å². The van der Waals surface area contributed by atoms with Crippen molar-refractivity contribution in [3.8, 4) is 5.75 Å². The van der Waals surface area contributed by atoms with E-state index in [1.807, 2.05) is 36.1 Å². The number of para-hydroxylation sites is 1. The zero-order valence-electron chi connectivity index (χ0n) is 16.7. The Balaban J connectivity index is 1.35. The molecule has 154 valence electrons. The van der Waals surface area contributed by atoms with E-state index >= 15 is 0 Å². The van der Waals surface area contributed by atoms with E-state index in [2.05, 4.69) is 5.32 Å². The third-order valence-electron chi connectivity index (χ3n) is 5.18. The number of nitrogens with zero attached hydrogens (tertiary/aromatic N) is 1. The molecule has 29 heavy (non-hydrogen) atoms. The van der Waals surface area contributed by atoms with E-state index < -0.39 is 0 Å². The molecule has 1 N–H and O–H groups in total. The summed E-state index contributed by atoms with van der Waals surface area (Å²) in [6, 6.07) is 13.4. The molecule has 2 amide bonds. The van der Waals surface area contributed by atoms with E-state index in [-0.39, 0.29) is 23.7 Å². The molecule has 1 fully saturated rings. The van der Waals surface area contributed by atoms with Crippen LogP contribution in [-0.2, 0) is 4.79 Å². The number of carbonyl (C=O) groups excluding carboxylic acids is 2. The predicted octanol–water partition coefficient (Wildman–Crippen LogP) is 3.71. The number of aryl methyl sites for hydroxylation is 1. The number of likely N-dealkylation sites (tertiary alicyclic amines) is 1. The second-order valence-corrected chi connectivity index (χ2v) is 7.35. The number of amides is 2. The number of piperidine rings is 1. The molecule has 1 aliphatic heterocycles. The van der Waals surface area contributed by atoms with Gasteiger partial charge in [-0.1, -0.05) is 18.2 Å². The van der Waals surface area contributed by atoms with Gasteiger partial charge in [0.05, 0.1) is 6.61 Å². The first-order valence-electron chi connectivity index (χ1n) is 10.1. The summed E-state index contributed by atoms with van der Waals surface area (Å²) in [5.41, 5.74) is 1.53. The van der Waals surface area contributed by atoms with Gasteiger partial charge in [-0.15, -0.1) is 0 Å². The molecule has 6 heteroatoms. The Bertz CT molecular complexity index is 830. The normalized spacial score (nSPS) is 14.5. The second kappa shape index (κ2) is 10.0. The van der Waals surface area contributed by atoms with E-state index in [4.69, 9.17) is 4.74 Å². The Morgan fingerprint density at radius 3 is 2.48 bits per heavy atom. The van der Waals surface area contributed by atoms with E-state index in [1.165, 1.54) is 24.3 Å². The van der Waals surface area contributed by atoms with Gasteiger partial charge in [0, 0.05) is 31.1 Å². The molecule has 0 bridgehead atoms. The molecule has 0 atom stereocenters. The smallest absolute Gasteiger partial charge is 0.251 e. The summed E-state index contributed by atoms with van der Waals surface area (Å²) in [5.74, 6) is 0.417. The lowest BCUT2D eigenvalue weighted by atomic mass is 10.0. The third kappa shape index (κ3) is 6.04. The highest BCUT2D eigenvalue weighted by Crippen LogP contribution is 2.17. The first-order valence-corrected chi connectivity index (χ1v) is 10.1. The van der Waals surface area contributed by atoms with Crippen LogP contribution in [0.25, 0.3) is 0 Å². The first-order chi connectivity index (χ1) is 14.0. The summed E-state index contributed by atoms with van der Waals surface area (Å²) in [7, 11) is 0.